The molecule has 1 heterocycles. The molecule has 5 nitrogen and oxygen atoms in total. The lowest BCUT2D eigenvalue weighted by atomic mass is 9.66. The van der Waals surface area contributed by atoms with Gasteiger partial charge >= 0.3 is 0 Å². The topological polar surface area (TPSA) is 49.0 Å². The van der Waals surface area contributed by atoms with E-state index in [-0.39, 0.29) is 11.0 Å². The highest BCUT2D eigenvalue weighted by atomic mass is 16.5. The van der Waals surface area contributed by atoms with Gasteiger partial charge in [0.1, 0.15) is 5.75 Å². The maximum absolute atomic E-state index is 6.20. The van der Waals surface area contributed by atoms with Crippen LogP contribution >= 0.6 is 0 Å². The first-order chi connectivity index (χ1) is 15.0. The molecule has 1 aliphatic rings. The van der Waals surface area contributed by atoms with Gasteiger partial charge in [-0.2, -0.15) is 0 Å². The predicted molar refractivity (Wildman–Crippen MR) is 124 cm³/mol. The summed E-state index contributed by atoms with van der Waals surface area (Å²) in [6, 6.07) is 14.5. The van der Waals surface area contributed by atoms with E-state index in [0.717, 1.165) is 62.6 Å². The zero-order valence-corrected chi connectivity index (χ0v) is 19.6. The van der Waals surface area contributed by atoms with Crippen LogP contribution in [0.2, 0.25) is 0 Å². The predicted octanol–water partition coefficient (Wildman–Crippen LogP) is 5.11. The number of rotatable bonds is 10. The molecule has 0 bridgehead atoms. The highest BCUT2D eigenvalue weighted by Crippen LogP contribution is 2.47. The van der Waals surface area contributed by atoms with Crippen molar-refractivity contribution in [3.8, 4) is 17.2 Å². The molecule has 1 aliphatic heterocycles. The summed E-state index contributed by atoms with van der Waals surface area (Å²) in [6.45, 7) is 6.93. The maximum Gasteiger partial charge on any atom is 0.161 e. The standard InChI is InChI=1S/C26H37NO4/c1-6-25(2)19-26(14-16-31-25,21-9-7-8-10-22(21)28-3)13-15-27-18-20-11-12-23(29-4)24(17-20)30-5/h7-12,17,27H,6,13-16,18-19H2,1-5H3/t25-,26+/m1/s1. The number of hydrogen-bond acceptors (Lipinski definition) is 5. The Morgan fingerprint density at radius 1 is 0.968 bits per heavy atom. The lowest BCUT2D eigenvalue weighted by Gasteiger charge is -2.47. The molecule has 5 heteroatoms. The van der Waals surface area contributed by atoms with Crippen molar-refractivity contribution in [3.05, 3.63) is 53.6 Å². The van der Waals surface area contributed by atoms with Gasteiger partial charge in [0.25, 0.3) is 0 Å². The minimum Gasteiger partial charge on any atom is -0.496 e. The third-order valence-corrected chi connectivity index (χ3v) is 6.73. The van der Waals surface area contributed by atoms with Crippen LogP contribution < -0.4 is 19.5 Å². The molecule has 3 rings (SSSR count). The van der Waals surface area contributed by atoms with Crippen molar-refractivity contribution in [2.75, 3.05) is 34.5 Å². The zero-order valence-electron chi connectivity index (χ0n) is 19.6. The summed E-state index contributed by atoms with van der Waals surface area (Å²) in [6.07, 6.45) is 4.03. The van der Waals surface area contributed by atoms with E-state index < -0.39 is 0 Å². The Morgan fingerprint density at radius 3 is 2.42 bits per heavy atom. The first kappa shape index (κ1) is 23.4. The van der Waals surface area contributed by atoms with Gasteiger partial charge in [0.05, 0.1) is 26.9 Å². The molecule has 170 valence electrons. The Balaban J connectivity index is 1.74. The van der Waals surface area contributed by atoms with Crippen molar-refractivity contribution in [2.45, 2.75) is 57.1 Å². The van der Waals surface area contributed by atoms with Crippen LogP contribution in [0.3, 0.4) is 0 Å². The summed E-state index contributed by atoms with van der Waals surface area (Å²) in [4.78, 5) is 0. The second kappa shape index (κ2) is 10.4. The number of para-hydroxylation sites is 1. The van der Waals surface area contributed by atoms with Gasteiger partial charge in [0, 0.05) is 24.1 Å². The van der Waals surface area contributed by atoms with Crippen LogP contribution in [0.4, 0.5) is 0 Å². The Morgan fingerprint density at radius 2 is 1.71 bits per heavy atom. The molecule has 0 radical (unpaired) electrons. The number of nitrogens with one attached hydrogen (secondary N) is 1. The van der Waals surface area contributed by atoms with Crippen molar-refractivity contribution >= 4 is 0 Å². The molecule has 1 N–H and O–H groups in total. The molecular weight excluding hydrogens is 390 g/mol. The van der Waals surface area contributed by atoms with Crippen molar-refractivity contribution in [1.82, 2.24) is 5.32 Å². The molecule has 0 spiro atoms. The molecule has 2 aromatic rings. The van der Waals surface area contributed by atoms with Crippen LogP contribution in [0.15, 0.2) is 42.5 Å². The molecule has 31 heavy (non-hydrogen) atoms. The van der Waals surface area contributed by atoms with E-state index in [0.29, 0.717) is 0 Å². The van der Waals surface area contributed by atoms with Gasteiger partial charge in [-0.05, 0) is 62.9 Å². The number of benzene rings is 2. The molecule has 1 fully saturated rings. The molecule has 0 unspecified atom stereocenters. The fourth-order valence-corrected chi connectivity index (χ4v) is 4.79. The first-order valence-corrected chi connectivity index (χ1v) is 11.2. The van der Waals surface area contributed by atoms with Crippen LogP contribution in [0.5, 0.6) is 17.2 Å². The van der Waals surface area contributed by atoms with Crippen LogP contribution in [-0.2, 0) is 16.7 Å². The average molecular weight is 428 g/mol. The summed E-state index contributed by atoms with van der Waals surface area (Å²) >= 11 is 0. The van der Waals surface area contributed by atoms with Gasteiger partial charge in [-0.1, -0.05) is 31.2 Å². The van der Waals surface area contributed by atoms with Gasteiger partial charge in [-0.3, -0.25) is 0 Å². The average Bonchev–Trinajstić information content (AvgIpc) is 2.81. The number of methoxy groups -OCH3 is 3. The normalized spacial score (nSPS) is 23.4. The lowest BCUT2D eigenvalue weighted by Crippen LogP contribution is -2.46. The molecule has 0 aliphatic carbocycles. The highest BCUT2D eigenvalue weighted by molar-refractivity contribution is 5.43. The second-order valence-electron chi connectivity index (χ2n) is 8.68. The Hall–Kier alpha value is -2.24. The molecule has 0 amide bonds. The molecule has 0 aromatic heterocycles. The van der Waals surface area contributed by atoms with E-state index in [1.165, 1.54) is 11.1 Å². The Kier molecular flexibility index (Phi) is 7.84. The van der Waals surface area contributed by atoms with Crippen LogP contribution in [0.1, 0.15) is 50.7 Å². The largest absolute Gasteiger partial charge is 0.496 e. The molecular formula is C26H37NO4. The Bertz CT molecular complexity index is 855. The molecule has 0 saturated carbocycles. The number of ether oxygens (including phenoxy) is 4. The highest BCUT2D eigenvalue weighted by Gasteiger charge is 2.44. The van der Waals surface area contributed by atoms with Crippen molar-refractivity contribution in [1.29, 1.82) is 0 Å². The monoisotopic (exact) mass is 427 g/mol. The molecule has 2 aromatic carbocycles. The fourth-order valence-electron chi connectivity index (χ4n) is 4.79. The van der Waals surface area contributed by atoms with Crippen LogP contribution in [0, 0.1) is 0 Å². The Labute approximate surface area is 187 Å². The molecule has 1 saturated heterocycles. The third-order valence-electron chi connectivity index (χ3n) is 6.73. The lowest BCUT2D eigenvalue weighted by molar-refractivity contribution is -0.0982. The quantitative estimate of drug-likeness (QED) is 0.534. The van der Waals surface area contributed by atoms with E-state index in [1.807, 2.05) is 18.2 Å². The summed E-state index contributed by atoms with van der Waals surface area (Å²) in [7, 11) is 5.09. The second-order valence-corrected chi connectivity index (χ2v) is 8.68. The van der Waals surface area contributed by atoms with Crippen molar-refractivity contribution in [3.63, 3.8) is 0 Å². The first-order valence-electron chi connectivity index (χ1n) is 11.2. The fraction of sp³-hybridized carbons (Fsp3) is 0.538. The minimum atomic E-state index is -0.109. The van der Waals surface area contributed by atoms with E-state index >= 15 is 0 Å². The van der Waals surface area contributed by atoms with E-state index in [1.54, 1.807) is 21.3 Å². The summed E-state index contributed by atoms with van der Waals surface area (Å²) < 4.78 is 22.7. The van der Waals surface area contributed by atoms with E-state index in [4.69, 9.17) is 18.9 Å². The van der Waals surface area contributed by atoms with Gasteiger partial charge in [0.2, 0.25) is 0 Å². The van der Waals surface area contributed by atoms with Crippen LogP contribution in [-0.4, -0.2) is 40.1 Å². The smallest absolute Gasteiger partial charge is 0.161 e. The van der Waals surface area contributed by atoms with Gasteiger partial charge in [-0.15, -0.1) is 0 Å². The van der Waals surface area contributed by atoms with E-state index in [2.05, 4.69) is 43.4 Å². The minimum absolute atomic E-state index is 0.0280. The molecule has 2 atom stereocenters. The van der Waals surface area contributed by atoms with Gasteiger partial charge < -0.3 is 24.3 Å². The summed E-state index contributed by atoms with van der Waals surface area (Å²) in [5, 5.41) is 3.64. The van der Waals surface area contributed by atoms with Gasteiger partial charge in [0.15, 0.2) is 11.5 Å². The summed E-state index contributed by atoms with van der Waals surface area (Å²) in [5.74, 6) is 2.49. The summed E-state index contributed by atoms with van der Waals surface area (Å²) in [5.41, 5.74) is 2.39. The van der Waals surface area contributed by atoms with Crippen molar-refractivity contribution in [2.24, 2.45) is 0 Å². The SMILES string of the molecule is CC[C@]1(C)C[C@@](CCNCc2ccc(OC)c(OC)c2)(c2ccccc2OC)CCO1. The van der Waals surface area contributed by atoms with Crippen molar-refractivity contribution < 1.29 is 18.9 Å². The number of hydrogen-bond donors (Lipinski definition) is 1. The van der Waals surface area contributed by atoms with Crippen LogP contribution in [0.25, 0.3) is 0 Å². The zero-order chi connectivity index (χ0) is 22.3. The van der Waals surface area contributed by atoms with Gasteiger partial charge in [-0.25, -0.2) is 0 Å². The van der Waals surface area contributed by atoms with E-state index in [9.17, 15) is 0 Å². The maximum atomic E-state index is 6.20. The third kappa shape index (κ3) is 5.34.